The molecule has 0 heterocycles. The zero-order valence-electron chi connectivity index (χ0n) is 4.94. The van der Waals surface area contributed by atoms with E-state index in [1.165, 1.54) is 0 Å². The first-order chi connectivity index (χ1) is 5.13. The molecule has 0 aliphatic carbocycles. The summed E-state index contributed by atoms with van der Waals surface area (Å²) >= 11 is -0.106. The van der Waals surface area contributed by atoms with Gasteiger partial charge in [-0.05, 0) is 0 Å². The Bertz CT molecular complexity index is 135. The van der Waals surface area contributed by atoms with Crippen molar-refractivity contribution in [2.75, 3.05) is 0 Å². The van der Waals surface area contributed by atoms with Crippen molar-refractivity contribution < 1.29 is 15.9 Å². The van der Waals surface area contributed by atoms with Gasteiger partial charge >= 0.3 is 35.0 Å². The number of rotatable bonds is 0. The molecule has 0 saturated heterocycles. The van der Waals surface area contributed by atoms with Crippen molar-refractivity contribution in [2.24, 2.45) is 21.8 Å². The maximum absolute atomic E-state index is 9.39. The van der Waals surface area contributed by atoms with E-state index in [1.54, 1.807) is 0 Å². The Hall–Kier alpha value is -0.218. The Morgan fingerprint density at radius 2 is 1.27 bits per heavy atom. The maximum atomic E-state index is 9.39. The topological polar surface area (TPSA) is 123 Å². The first-order valence-electron chi connectivity index (χ1n) is 1.88. The third kappa shape index (κ3) is 9.78. The van der Waals surface area contributed by atoms with E-state index >= 15 is 0 Å². The van der Waals surface area contributed by atoms with Crippen molar-refractivity contribution in [1.29, 1.82) is 0 Å². The molecule has 6 nitrogen and oxygen atoms in total. The molecule has 11 heavy (non-hydrogen) atoms. The number of halogens is 2. The van der Waals surface area contributed by atoms with Crippen LogP contribution in [0, 0.1) is 10.4 Å². The van der Waals surface area contributed by atoms with E-state index < -0.39 is 11.7 Å². The van der Waals surface area contributed by atoms with Gasteiger partial charge < -0.3 is 32.2 Å². The van der Waals surface area contributed by atoms with Gasteiger partial charge in [-0.2, -0.15) is 0 Å². The van der Waals surface area contributed by atoms with Gasteiger partial charge in [0.15, 0.2) is 11.7 Å². The van der Waals surface area contributed by atoms with Crippen LogP contribution in [0.1, 0.15) is 0 Å². The minimum atomic E-state index is -0.583. The van der Waals surface area contributed by atoms with Crippen LogP contribution in [-0.2, 0) is 15.9 Å². The van der Waals surface area contributed by atoms with E-state index in [0.29, 0.717) is 0 Å². The minimum absolute atomic E-state index is 0.106. The van der Waals surface area contributed by atoms with E-state index in [4.69, 9.17) is 30.5 Å². The van der Waals surface area contributed by atoms with Crippen LogP contribution >= 0.6 is 19.1 Å². The first kappa shape index (κ1) is 13.4. The molecule has 0 spiro atoms. The van der Waals surface area contributed by atoms with Crippen molar-refractivity contribution in [3.8, 4) is 0 Å². The van der Waals surface area contributed by atoms with E-state index in [1.807, 2.05) is 0 Å². The molecule has 0 aromatic rings. The molecule has 70 valence electrons. The van der Waals surface area contributed by atoms with Crippen LogP contribution in [0.15, 0.2) is 10.3 Å². The van der Waals surface area contributed by atoms with Crippen LogP contribution in [0.5, 0.6) is 0 Å². The molecule has 9 heteroatoms. The van der Waals surface area contributed by atoms with E-state index in [9.17, 15) is 10.4 Å². The summed E-state index contributed by atoms with van der Waals surface area (Å²) in [6.07, 6.45) is 0. The Labute approximate surface area is 78.9 Å². The summed E-state index contributed by atoms with van der Waals surface area (Å²) in [6, 6.07) is 0. The van der Waals surface area contributed by atoms with Crippen molar-refractivity contribution in [3.05, 3.63) is 10.4 Å². The summed E-state index contributed by atoms with van der Waals surface area (Å²) in [5.74, 6) is -1.17. The van der Waals surface area contributed by atoms with Gasteiger partial charge in [-0.15, -0.1) is 0 Å². The van der Waals surface area contributed by atoms with Gasteiger partial charge in [0.1, 0.15) is 0 Å². The van der Waals surface area contributed by atoms with Crippen LogP contribution in [0.25, 0.3) is 0 Å². The molecular formula is C2H4Cl2N4O2Pd-2. The third-order valence-electron chi connectivity index (χ3n) is 0.459. The molecule has 0 aromatic carbocycles. The zero-order valence-corrected chi connectivity index (χ0v) is 8.00. The summed E-state index contributed by atoms with van der Waals surface area (Å²) in [5.41, 5.74) is 9.42. The van der Waals surface area contributed by atoms with Gasteiger partial charge in [0.2, 0.25) is 0 Å². The Kier molecular flexibility index (Phi) is 11.9. The van der Waals surface area contributed by atoms with Gasteiger partial charge in [-0.1, -0.05) is 0 Å². The van der Waals surface area contributed by atoms with E-state index in [-0.39, 0.29) is 15.9 Å². The fraction of sp³-hybridized carbons (Fsp3) is 0. The molecule has 0 fully saturated rings. The van der Waals surface area contributed by atoms with Crippen molar-refractivity contribution in [2.45, 2.75) is 0 Å². The molecule has 0 rings (SSSR count). The van der Waals surface area contributed by atoms with Crippen molar-refractivity contribution in [1.82, 2.24) is 0 Å². The molecule has 0 atom stereocenters. The van der Waals surface area contributed by atoms with Crippen LogP contribution in [0.2, 0.25) is 0 Å². The van der Waals surface area contributed by atoms with Gasteiger partial charge in [-0.25, -0.2) is 0 Å². The van der Waals surface area contributed by atoms with Gasteiger partial charge in [0.05, 0.1) is 0 Å². The molecule has 0 bridgehead atoms. The summed E-state index contributed by atoms with van der Waals surface area (Å²) < 4.78 is 0. The normalized spacial score (nSPS) is 12.2. The average Bonchev–Trinajstić information content (AvgIpc) is 2.03. The molecule has 0 aliphatic heterocycles. The summed E-state index contributed by atoms with van der Waals surface area (Å²) in [4.78, 5) is 0. The van der Waals surface area contributed by atoms with Gasteiger partial charge in [0.25, 0.3) is 0 Å². The van der Waals surface area contributed by atoms with Crippen LogP contribution < -0.4 is 11.5 Å². The van der Waals surface area contributed by atoms with Gasteiger partial charge in [-0.3, -0.25) is 0 Å². The number of nitrogens with zero attached hydrogens (tertiary/aromatic N) is 2. The third-order valence-corrected chi connectivity index (χ3v) is 0.459. The zero-order chi connectivity index (χ0) is 9.28. The monoisotopic (exact) mass is 292 g/mol. The van der Waals surface area contributed by atoms with Crippen LogP contribution in [-0.4, -0.2) is 11.7 Å². The van der Waals surface area contributed by atoms with E-state index in [0.717, 1.165) is 0 Å². The molecule has 0 amide bonds. The second-order valence-corrected chi connectivity index (χ2v) is 3.36. The van der Waals surface area contributed by atoms with Crippen LogP contribution in [0.3, 0.4) is 0 Å². The summed E-state index contributed by atoms with van der Waals surface area (Å²) in [7, 11) is 9.63. The number of hydrogen-bond donors (Lipinski definition) is 2. The van der Waals surface area contributed by atoms with Crippen LogP contribution in [0.4, 0.5) is 0 Å². The second kappa shape index (κ2) is 9.78. The Morgan fingerprint density at radius 1 is 1.09 bits per heavy atom. The molecule has 0 unspecified atom stereocenters. The molecular weight excluding hydrogens is 289 g/mol. The van der Waals surface area contributed by atoms with E-state index in [2.05, 4.69) is 10.3 Å². The predicted molar refractivity (Wildman–Crippen MR) is 41.7 cm³/mol. The number of amidine groups is 2. The fourth-order valence-electron chi connectivity index (χ4n) is 0.0935. The van der Waals surface area contributed by atoms with Gasteiger partial charge in [0, 0.05) is 0 Å². The molecule has 0 aliphatic rings. The molecule has 0 aromatic heterocycles. The molecule has 0 radical (unpaired) electrons. The standard InChI is InChI=1S/C2H6N4O2.2ClH.Pd/c3-1(5-7)2(4)6-8;;;/h7-8H,(H2,3,5)(H2,4,6);2*1H;/q;;;+2/p-4. The number of hydrogen-bond acceptors (Lipinski definition) is 4. The molecule has 0 saturated carbocycles. The average molecular weight is 293 g/mol. The summed E-state index contributed by atoms with van der Waals surface area (Å²) in [6.45, 7) is 0. The van der Waals surface area contributed by atoms with Crippen molar-refractivity contribution >= 4 is 30.7 Å². The Morgan fingerprint density at radius 3 is 1.36 bits per heavy atom. The first-order valence-corrected chi connectivity index (χ1v) is 5.88. The summed E-state index contributed by atoms with van der Waals surface area (Å²) in [5, 5.41) is 23.1. The fourth-order valence-corrected chi connectivity index (χ4v) is 0.0935. The molecule has 4 N–H and O–H groups in total. The number of nitrogens with two attached hydrogens (primary N) is 2. The predicted octanol–water partition coefficient (Wildman–Crippen LogP) is 0.0729. The SMILES string of the molecule is NC(=N[O-])C(N)=N[O-].[Cl][Pd][Cl]. The van der Waals surface area contributed by atoms with Crippen molar-refractivity contribution in [3.63, 3.8) is 0 Å². The Balaban J connectivity index is 0. The quantitative estimate of drug-likeness (QED) is 0.284. The second-order valence-electron chi connectivity index (χ2n) is 0.998.